The first-order chi connectivity index (χ1) is 7.52. The molecule has 0 unspecified atom stereocenters. The summed E-state index contributed by atoms with van der Waals surface area (Å²) in [6.45, 7) is 11.1. The van der Waals surface area contributed by atoms with E-state index in [1.165, 1.54) is 0 Å². The van der Waals surface area contributed by atoms with Gasteiger partial charge in [0.15, 0.2) is 0 Å². The highest BCUT2D eigenvalue weighted by atomic mass is 16.6. The van der Waals surface area contributed by atoms with Gasteiger partial charge in [-0.25, -0.2) is 4.79 Å². The van der Waals surface area contributed by atoms with E-state index in [1.54, 1.807) is 41.5 Å². The maximum absolute atomic E-state index is 11.4. The molecule has 1 N–H and O–H groups in total. The van der Waals surface area contributed by atoms with Gasteiger partial charge in [-0.3, -0.25) is 4.79 Å². The van der Waals surface area contributed by atoms with Gasteiger partial charge in [0, 0.05) is 0 Å². The fraction of sp³-hybridized carbons (Fsp3) is 0.833. The van der Waals surface area contributed by atoms with Crippen LogP contribution >= 0.6 is 0 Å². The second-order valence-electron chi connectivity index (χ2n) is 5.81. The topological polar surface area (TPSA) is 64.6 Å². The van der Waals surface area contributed by atoms with Gasteiger partial charge in [-0.15, -0.1) is 0 Å². The molecule has 0 rings (SSSR count). The Morgan fingerprint density at radius 3 is 2.00 bits per heavy atom. The summed E-state index contributed by atoms with van der Waals surface area (Å²) >= 11 is 0. The minimum atomic E-state index is -0.522. The summed E-state index contributed by atoms with van der Waals surface area (Å²) in [5.74, 6) is -0.288. The minimum absolute atomic E-state index is 0.148. The van der Waals surface area contributed by atoms with Crippen LogP contribution in [0.15, 0.2) is 0 Å². The third-order valence-electron chi connectivity index (χ3n) is 1.62. The van der Waals surface area contributed by atoms with Crippen molar-refractivity contribution in [1.82, 2.24) is 5.32 Å². The molecule has 17 heavy (non-hydrogen) atoms. The molecule has 1 amide bonds. The number of nitrogens with one attached hydrogen (secondary N) is 1. The average Bonchev–Trinajstić information content (AvgIpc) is 2.07. The van der Waals surface area contributed by atoms with E-state index in [0.717, 1.165) is 0 Å². The average molecular weight is 245 g/mol. The van der Waals surface area contributed by atoms with E-state index >= 15 is 0 Å². The van der Waals surface area contributed by atoms with Crippen molar-refractivity contribution in [3.63, 3.8) is 0 Å². The van der Waals surface area contributed by atoms with Crippen LogP contribution in [0.1, 0.15) is 41.5 Å². The second-order valence-corrected chi connectivity index (χ2v) is 5.81. The van der Waals surface area contributed by atoms with Crippen molar-refractivity contribution in [3.05, 3.63) is 0 Å². The quantitative estimate of drug-likeness (QED) is 0.611. The summed E-state index contributed by atoms with van der Waals surface area (Å²) in [6, 6.07) is 0. The van der Waals surface area contributed by atoms with Crippen LogP contribution in [0.2, 0.25) is 0 Å². The molecule has 0 aromatic heterocycles. The second kappa shape index (κ2) is 5.89. The highest BCUT2D eigenvalue weighted by Gasteiger charge is 2.22. The molecule has 0 saturated carbocycles. The molecule has 0 saturated heterocycles. The van der Waals surface area contributed by atoms with E-state index in [2.05, 4.69) is 5.32 Å². The molecule has 0 bridgehead atoms. The summed E-state index contributed by atoms with van der Waals surface area (Å²) in [7, 11) is 0. The highest BCUT2D eigenvalue weighted by molar-refractivity contribution is 5.75. The van der Waals surface area contributed by atoms with E-state index in [1.807, 2.05) is 0 Å². The number of hydrogen-bond acceptors (Lipinski definition) is 4. The smallest absolute Gasteiger partial charge is 0.407 e. The highest BCUT2D eigenvalue weighted by Crippen LogP contribution is 2.14. The van der Waals surface area contributed by atoms with Crippen LogP contribution < -0.4 is 5.32 Å². The van der Waals surface area contributed by atoms with Gasteiger partial charge < -0.3 is 14.8 Å². The predicted octanol–water partition coefficient (Wildman–Crippen LogP) is 2.10. The Hall–Kier alpha value is -1.26. The lowest BCUT2D eigenvalue weighted by molar-refractivity contribution is -0.152. The Kier molecular flexibility index (Phi) is 5.45. The first-order valence-electron chi connectivity index (χ1n) is 5.66. The number of carbonyl (C=O) groups excluding carboxylic acids is 2. The molecule has 0 aliphatic heterocycles. The molecule has 0 aromatic carbocycles. The summed E-state index contributed by atoms with van der Waals surface area (Å²) < 4.78 is 10.00. The molecule has 0 radical (unpaired) electrons. The lowest BCUT2D eigenvalue weighted by Gasteiger charge is -2.20. The van der Waals surface area contributed by atoms with Gasteiger partial charge in [0.25, 0.3) is 0 Å². The monoisotopic (exact) mass is 245 g/mol. The van der Waals surface area contributed by atoms with Crippen molar-refractivity contribution in [2.45, 2.75) is 47.1 Å². The van der Waals surface area contributed by atoms with Gasteiger partial charge in [0.05, 0.1) is 12.0 Å². The van der Waals surface area contributed by atoms with Crippen molar-refractivity contribution in [2.24, 2.45) is 5.41 Å². The van der Waals surface area contributed by atoms with Crippen LogP contribution in [0.5, 0.6) is 0 Å². The van der Waals surface area contributed by atoms with Crippen LogP contribution in [0.25, 0.3) is 0 Å². The third kappa shape index (κ3) is 8.54. The molecular weight excluding hydrogens is 222 g/mol. The first kappa shape index (κ1) is 15.7. The van der Waals surface area contributed by atoms with Crippen molar-refractivity contribution in [3.8, 4) is 0 Å². The van der Waals surface area contributed by atoms with Gasteiger partial charge in [-0.05, 0) is 41.5 Å². The molecule has 0 aliphatic rings. The maximum atomic E-state index is 11.4. The number of ether oxygens (including phenoxy) is 2. The summed E-state index contributed by atoms with van der Waals surface area (Å²) in [5.41, 5.74) is -1.04. The van der Waals surface area contributed by atoms with E-state index in [9.17, 15) is 9.59 Å². The first-order valence-corrected chi connectivity index (χ1v) is 5.66. The number of amides is 1. The number of rotatable bonds is 3. The maximum Gasteiger partial charge on any atom is 0.407 e. The normalized spacial score (nSPS) is 11.9. The molecule has 0 fully saturated rings. The van der Waals surface area contributed by atoms with Gasteiger partial charge >= 0.3 is 12.1 Å². The molecule has 5 heteroatoms. The minimum Gasteiger partial charge on any atom is -0.463 e. The van der Waals surface area contributed by atoms with Crippen molar-refractivity contribution < 1.29 is 19.1 Å². The van der Waals surface area contributed by atoms with E-state index < -0.39 is 17.1 Å². The van der Waals surface area contributed by atoms with Crippen molar-refractivity contribution in [2.75, 3.05) is 13.2 Å². The van der Waals surface area contributed by atoms with Crippen LogP contribution in [-0.2, 0) is 14.3 Å². The molecular formula is C12H23NO4. The fourth-order valence-corrected chi connectivity index (χ4v) is 0.828. The zero-order valence-corrected chi connectivity index (χ0v) is 11.5. The molecule has 0 aliphatic carbocycles. The van der Waals surface area contributed by atoms with E-state index in [-0.39, 0.29) is 19.1 Å². The van der Waals surface area contributed by atoms with Gasteiger partial charge in [0.1, 0.15) is 12.2 Å². The van der Waals surface area contributed by atoms with Crippen LogP contribution in [-0.4, -0.2) is 30.8 Å². The fourth-order valence-electron chi connectivity index (χ4n) is 0.828. The number of hydrogen-bond donors (Lipinski definition) is 1. The molecule has 100 valence electrons. The Bertz CT molecular complexity index is 273. The number of esters is 1. The zero-order chi connectivity index (χ0) is 13.7. The Morgan fingerprint density at radius 1 is 1.06 bits per heavy atom. The van der Waals surface area contributed by atoms with Gasteiger partial charge in [0.2, 0.25) is 0 Å². The van der Waals surface area contributed by atoms with E-state index in [4.69, 9.17) is 9.47 Å². The molecule has 0 spiro atoms. The molecule has 0 atom stereocenters. The third-order valence-corrected chi connectivity index (χ3v) is 1.62. The zero-order valence-electron chi connectivity index (χ0n) is 11.5. The summed E-state index contributed by atoms with van der Waals surface area (Å²) in [5, 5.41) is 2.51. The van der Waals surface area contributed by atoms with E-state index in [0.29, 0.717) is 0 Å². The predicted molar refractivity (Wildman–Crippen MR) is 64.7 cm³/mol. The molecule has 0 aromatic rings. The molecule has 0 heterocycles. The number of alkyl carbamates (subject to hydrolysis) is 1. The number of carbonyl (C=O) groups is 2. The van der Waals surface area contributed by atoms with Gasteiger partial charge in [-0.2, -0.15) is 0 Å². The lowest BCUT2D eigenvalue weighted by atomic mass is 9.97. The Labute approximate surface area is 103 Å². The van der Waals surface area contributed by atoms with Crippen LogP contribution in [0.3, 0.4) is 0 Å². The van der Waals surface area contributed by atoms with Gasteiger partial charge in [-0.1, -0.05) is 0 Å². The lowest BCUT2D eigenvalue weighted by Crippen LogP contribution is -2.35. The molecule has 5 nitrogen and oxygen atoms in total. The van der Waals surface area contributed by atoms with Crippen molar-refractivity contribution >= 4 is 12.1 Å². The Balaban J connectivity index is 3.73. The largest absolute Gasteiger partial charge is 0.463 e. The van der Waals surface area contributed by atoms with Crippen molar-refractivity contribution in [1.29, 1.82) is 0 Å². The van der Waals surface area contributed by atoms with Crippen LogP contribution in [0, 0.1) is 5.41 Å². The Morgan fingerprint density at radius 2 is 1.59 bits per heavy atom. The van der Waals surface area contributed by atoms with Crippen LogP contribution in [0.4, 0.5) is 4.79 Å². The standard InChI is InChI=1S/C12H23NO4/c1-11(2,3)9(14)16-8-7-13-10(15)17-12(4,5)6/h7-8H2,1-6H3,(H,13,15). The SMILES string of the molecule is CC(C)(C)OC(=O)NCCOC(=O)C(C)(C)C. The summed E-state index contributed by atoms with van der Waals surface area (Å²) in [6.07, 6.45) is -0.510. The summed E-state index contributed by atoms with van der Waals surface area (Å²) in [4.78, 5) is 22.6.